The van der Waals surface area contributed by atoms with Gasteiger partial charge in [-0.05, 0) is 42.5 Å². The van der Waals surface area contributed by atoms with E-state index in [1.165, 1.54) is 0 Å². The normalized spacial score (nSPS) is 23.1. The molecule has 2 aliphatic rings. The lowest BCUT2D eigenvalue weighted by Gasteiger charge is -2.27. The second-order valence-corrected chi connectivity index (χ2v) is 7.83. The van der Waals surface area contributed by atoms with Crippen LogP contribution in [0.15, 0.2) is 23.1 Å². The highest BCUT2D eigenvalue weighted by atomic mass is 32.2. The molecule has 110 valence electrons. The molecule has 3 rings (SSSR count). The summed E-state index contributed by atoms with van der Waals surface area (Å²) in [5, 5.41) is 0. The first-order valence-corrected chi connectivity index (χ1v) is 8.72. The molecule has 0 bridgehead atoms. The molecule has 2 aliphatic heterocycles. The summed E-state index contributed by atoms with van der Waals surface area (Å²) in [6.45, 7) is 5.47. The Morgan fingerprint density at radius 1 is 1.35 bits per heavy atom. The number of sulfonamides is 1. The maximum absolute atomic E-state index is 12.8. The maximum atomic E-state index is 12.8. The highest BCUT2D eigenvalue weighted by Crippen LogP contribution is 2.33. The van der Waals surface area contributed by atoms with Gasteiger partial charge < -0.3 is 4.74 Å². The third-order valence-corrected chi connectivity index (χ3v) is 6.21. The number of hydrogen-bond donors (Lipinski definition) is 0. The van der Waals surface area contributed by atoms with Crippen molar-refractivity contribution in [3.63, 3.8) is 0 Å². The summed E-state index contributed by atoms with van der Waals surface area (Å²) >= 11 is 0. The third-order valence-electron chi connectivity index (χ3n) is 4.29. The minimum atomic E-state index is -3.38. The van der Waals surface area contributed by atoms with Crippen LogP contribution in [-0.4, -0.2) is 31.9 Å². The van der Waals surface area contributed by atoms with Gasteiger partial charge in [0.15, 0.2) is 0 Å². The average molecular weight is 295 g/mol. The molecule has 1 aromatic rings. The van der Waals surface area contributed by atoms with Crippen molar-refractivity contribution in [2.24, 2.45) is 5.92 Å². The zero-order valence-corrected chi connectivity index (χ0v) is 12.8. The maximum Gasteiger partial charge on any atom is 0.243 e. The van der Waals surface area contributed by atoms with Crippen molar-refractivity contribution in [2.45, 2.75) is 44.0 Å². The first-order chi connectivity index (χ1) is 9.50. The van der Waals surface area contributed by atoms with Gasteiger partial charge in [0, 0.05) is 19.0 Å². The molecule has 5 heteroatoms. The Balaban J connectivity index is 1.95. The molecule has 1 aromatic carbocycles. The smallest absolute Gasteiger partial charge is 0.243 e. The summed E-state index contributed by atoms with van der Waals surface area (Å²) in [6, 6.07) is 5.38. The minimum Gasteiger partial charge on any atom is -0.493 e. The lowest BCUT2D eigenvalue weighted by atomic mass is 10.0. The van der Waals surface area contributed by atoms with Crippen molar-refractivity contribution in [3.8, 4) is 5.75 Å². The van der Waals surface area contributed by atoms with Crippen molar-refractivity contribution in [2.75, 3.05) is 13.2 Å². The molecule has 0 aromatic heterocycles. The van der Waals surface area contributed by atoms with Crippen molar-refractivity contribution in [1.29, 1.82) is 0 Å². The zero-order valence-electron chi connectivity index (χ0n) is 12.0. The van der Waals surface area contributed by atoms with E-state index in [0.29, 0.717) is 24.0 Å². The lowest BCUT2D eigenvalue weighted by molar-refractivity contribution is 0.315. The summed E-state index contributed by atoms with van der Waals surface area (Å²) in [5.41, 5.74) is 1.01. The number of ether oxygens (including phenoxy) is 1. The number of hydrogen-bond acceptors (Lipinski definition) is 3. The monoisotopic (exact) mass is 295 g/mol. The molecule has 0 radical (unpaired) electrons. The third kappa shape index (κ3) is 2.23. The zero-order chi connectivity index (χ0) is 14.3. The summed E-state index contributed by atoms with van der Waals surface area (Å²) in [6.07, 6.45) is 2.72. The van der Waals surface area contributed by atoms with Gasteiger partial charge in [0.2, 0.25) is 10.0 Å². The van der Waals surface area contributed by atoms with Crippen LogP contribution >= 0.6 is 0 Å². The van der Waals surface area contributed by atoms with Crippen LogP contribution in [0.25, 0.3) is 0 Å². The molecule has 1 fully saturated rings. The Morgan fingerprint density at radius 2 is 2.15 bits per heavy atom. The van der Waals surface area contributed by atoms with Gasteiger partial charge in [-0.1, -0.05) is 13.8 Å². The van der Waals surface area contributed by atoms with E-state index in [1.54, 1.807) is 22.5 Å². The molecule has 0 spiro atoms. The average Bonchev–Trinajstić information content (AvgIpc) is 3.06. The van der Waals surface area contributed by atoms with E-state index in [2.05, 4.69) is 13.8 Å². The Morgan fingerprint density at radius 3 is 2.90 bits per heavy atom. The Bertz CT molecular complexity index is 610. The van der Waals surface area contributed by atoms with Crippen molar-refractivity contribution in [3.05, 3.63) is 23.8 Å². The van der Waals surface area contributed by atoms with Crippen LogP contribution in [0.1, 0.15) is 32.3 Å². The highest BCUT2D eigenvalue weighted by Gasteiger charge is 2.37. The van der Waals surface area contributed by atoms with E-state index in [4.69, 9.17) is 4.74 Å². The molecule has 0 amide bonds. The highest BCUT2D eigenvalue weighted by molar-refractivity contribution is 7.89. The van der Waals surface area contributed by atoms with E-state index in [9.17, 15) is 8.42 Å². The standard InChI is InChI=1S/C15H21NO3S/c1-11(2)14-4-3-8-16(14)20(17,18)13-5-6-15-12(10-13)7-9-19-15/h5-6,10-11,14H,3-4,7-9H2,1-2H3/t14-/m1/s1. The SMILES string of the molecule is CC(C)[C@H]1CCCN1S(=O)(=O)c1ccc2c(c1)CCO2. The molecule has 4 nitrogen and oxygen atoms in total. The van der Waals surface area contributed by atoms with Gasteiger partial charge in [-0.25, -0.2) is 8.42 Å². The minimum absolute atomic E-state index is 0.129. The molecule has 0 N–H and O–H groups in total. The number of nitrogens with zero attached hydrogens (tertiary/aromatic N) is 1. The Labute approximate surface area is 120 Å². The molecular weight excluding hydrogens is 274 g/mol. The largest absolute Gasteiger partial charge is 0.493 e. The van der Waals surface area contributed by atoms with Crippen LogP contribution in [0.4, 0.5) is 0 Å². The van der Waals surface area contributed by atoms with Gasteiger partial charge in [-0.15, -0.1) is 0 Å². The first-order valence-electron chi connectivity index (χ1n) is 7.28. The number of rotatable bonds is 3. The van der Waals surface area contributed by atoms with Gasteiger partial charge in [0.1, 0.15) is 5.75 Å². The van der Waals surface area contributed by atoms with E-state index in [0.717, 1.165) is 30.6 Å². The molecule has 20 heavy (non-hydrogen) atoms. The van der Waals surface area contributed by atoms with Gasteiger partial charge in [0.25, 0.3) is 0 Å². The van der Waals surface area contributed by atoms with E-state index in [1.807, 2.05) is 0 Å². The quantitative estimate of drug-likeness (QED) is 0.860. The van der Waals surface area contributed by atoms with Gasteiger partial charge in [-0.3, -0.25) is 0 Å². The molecule has 0 aliphatic carbocycles. The lowest BCUT2D eigenvalue weighted by Crippen LogP contribution is -2.38. The second kappa shape index (κ2) is 5.04. The van der Waals surface area contributed by atoms with Crippen molar-refractivity contribution >= 4 is 10.0 Å². The Hall–Kier alpha value is -1.07. The fraction of sp³-hybridized carbons (Fsp3) is 0.600. The summed E-state index contributed by atoms with van der Waals surface area (Å²) in [7, 11) is -3.38. The fourth-order valence-electron chi connectivity index (χ4n) is 3.19. The van der Waals surface area contributed by atoms with Crippen LogP contribution in [0.5, 0.6) is 5.75 Å². The fourth-order valence-corrected chi connectivity index (χ4v) is 5.07. The first kappa shape index (κ1) is 13.9. The predicted molar refractivity (Wildman–Crippen MR) is 77.4 cm³/mol. The van der Waals surface area contributed by atoms with Crippen LogP contribution in [0.3, 0.4) is 0 Å². The molecule has 2 heterocycles. The summed E-state index contributed by atoms with van der Waals surface area (Å²) in [5.74, 6) is 1.18. The van der Waals surface area contributed by atoms with Crippen LogP contribution in [0.2, 0.25) is 0 Å². The Kier molecular flexibility index (Phi) is 3.50. The van der Waals surface area contributed by atoms with Crippen molar-refractivity contribution < 1.29 is 13.2 Å². The topological polar surface area (TPSA) is 46.6 Å². The predicted octanol–water partition coefficient (Wildman–Crippen LogP) is 2.43. The molecule has 1 atom stereocenters. The van der Waals surface area contributed by atoms with E-state index < -0.39 is 10.0 Å². The summed E-state index contributed by atoms with van der Waals surface area (Å²) < 4.78 is 32.8. The van der Waals surface area contributed by atoms with E-state index in [-0.39, 0.29) is 6.04 Å². The van der Waals surface area contributed by atoms with Crippen LogP contribution < -0.4 is 4.74 Å². The van der Waals surface area contributed by atoms with Gasteiger partial charge in [-0.2, -0.15) is 4.31 Å². The van der Waals surface area contributed by atoms with Gasteiger partial charge in [0.05, 0.1) is 11.5 Å². The van der Waals surface area contributed by atoms with Crippen LogP contribution in [-0.2, 0) is 16.4 Å². The second-order valence-electron chi connectivity index (χ2n) is 5.94. The molecule has 0 unspecified atom stereocenters. The molecule has 1 saturated heterocycles. The number of fused-ring (bicyclic) bond motifs is 1. The number of benzene rings is 1. The molecule has 0 saturated carbocycles. The van der Waals surface area contributed by atoms with Crippen LogP contribution in [0, 0.1) is 5.92 Å². The van der Waals surface area contributed by atoms with Crippen molar-refractivity contribution in [1.82, 2.24) is 4.31 Å². The van der Waals surface area contributed by atoms with Gasteiger partial charge >= 0.3 is 0 Å². The molecular formula is C15H21NO3S. The summed E-state index contributed by atoms with van der Waals surface area (Å²) in [4.78, 5) is 0.411. The van der Waals surface area contributed by atoms with E-state index >= 15 is 0 Å².